The van der Waals surface area contributed by atoms with Crippen molar-refractivity contribution in [2.75, 3.05) is 7.11 Å². The number of benzene rings is 1. The van der Waals surface area contributed by atoms with Crippen LogP contribution < -0.4 is 0 Å². The van der Waals surface area contributed by atoms with Gasteiger partial charge in [0, 0.05) is 0 Å². The molecule has 0 heterocycles. The molecule has 1 aromatic rings. The van der Waals surface area contributed by atoms with E-state index in [1.807, 2.05) is 37.3 Å². The fraction of sp³-hybridized carbons (Fsp3) is 0.231. The molecule has 0 N–H and O–H groups in total. The fourth-order valence-corrected chi connectivity index (χ4v) is 1.01. The van der Waals surface area contributed by atoms with E-state index in [-0.39, 0.29) is 31.1 Å². The van der Waals surface area contributed by atoms with Crippen molar-refractivity contribution in [3.63, 3.8) is 0 Å². The Bertz CT molecular complexity index is 399. The predicted molar refractivity (Wildman–Crippen MR) is 62.0 cm³/mol. The van der Waals surface area contributed by atoms with Gasteiger partial charge in [-0.3, -0.25) is 4.79 Å². The average molecular weight is 453 g/mol. The molecule has 0 aliphatic heterocycles. The van der Waals surface area contributed by atoms with Gasteiger partial charge in [0.2, 0.25) is 0 Å². The van der Waals surface area contributed by atoms with Crippen LogP contribution in [0.4, 0.5) is 0 Å². The number of nitrogens with zero attached hydrogens (tertiary/aromatic N) is 1. The Morgan fingerprint density at radius 3 is 2.53 bits per heavy atom. The summed E-state index contributed by atoms with van der Waals surface area (Å²) >= 11 is 0. The number of esters is 1. The van der Waals surface area contributed by atoms with Crippen LogP contribution in [0.15, 0.2) is 41.0 Å². The number of carbonyl (C=O) groups is 1. The van der Waals surface area contributed by atoms with Crippen molar-refractivity contribution >= 4 is 12.2 Å². The Hall–Kier alpha value is -0.848. The summed E-state index contributed by atoms with van der Waals surface area (Å²) < 4.78 is 4.48. The summed E-state index contributed by atoms with van der Waals surface area (Å²) in [6, 6.07) is 9.49. The van der Waals surface area contributed by atoms with Gasteiger partial charge in [-0.1, -0.05) is 19.4 Å². The molecule has 0 bridgehead atoms. The van der Waals surface area contributed by atoms with Crippen molar-refractivity contribution in [1.29, 1.82) is 0 Å². The zero-order chi connectivity index (χ0) is 11.8. The van der Waals surface area contributed by atoms with E-state index in [1.165, 1.54) is 7.11 Å². The number of hydrogen-bond donors (Lipinski definition) is 0. The molecule has 17 heavy (non-hydrogen) atoms. The van der Waals surface area contributed by atoms with Gasteiger partial charge in [-0.25, -0.2) is 5.70 Å². The van der Waals surface area contributed by atoms with Gasteiger partial charge in [0.15, 0.2) is 0 Å². The molecule has 0 radical (unpaired) electrons. The third-order valence-electron chi connectivity index (χ3n) is 1.86. The molecular formula is C13H13NO2U. The molecule has 1 aromatic carbocycles. The Balaban J connectivity index is 0.00000256. The van der Waals surface area contributed by atoms with E-state index in [0.717, 1.165) is 5.56 Å². The molecule has 0 amide bonds. The summed E-state index contributed by atoms with van der Waals surface area (Å²) in [6.07, 6.45) is 5.96. The first-order valence-corrected chi connectivity index (χ1v) is 4.99. The number of aliphatic imine (C=N–C) groups is 1. The maximum absolute atomic E-state index is 11.0. The summed E-state index contributed by atoms with van der Waals surface area (Å²) in [5.74, 6) is -0.518. The second-order valence-corrected chi connectivity index (χ2v) is 3.01. The van der Waals surface area contributed by atoms with Crippen LogP contribution in [0.2, 0.25) is 0 Å². The van der Waals surface area contributed by atoms with E-state index >= 15 is 0 Å². The monoisotopic (exact) mass is 453 g/mol. The molecule has 0 unspecified atom stereocenters. The molecule has 0 atom stereocenters. The summed E-state index contributed by atoms with van der Waals surface area (Å²) in [6.45, 7) is 1.89. The summed E-state index contributed by atoms with van der Waals surface area (Å²) in [7, 11) is 1.31. The SMILES string of the molecule is CCC(=[C-]C(=O)OC)N=[C-]c1ccccc1.[U+2]. The van der Waals surface area contributed by atoms with Crippen LogP contribution in [-0.2, 0) is 9.53 Å². The van der Waals surface area contributed by atoms with Crippen molar-refractivity contribution in [3.8, 4) is 0 Å². The Morgan fingerprint density at radius 2 is 2.00 bits per heavy atom. The largest absolute Gasteiger partial charge is 2.00 e. The molecule has 3 nitrogen and oxygen atoms in total. The van der Waals surface area contributed by atoms with Gasteiger partial charge in [-0.05, 0) is 6.21 Å². The van der Waals surface area contributed by atoms with Crippen molar-refractivity contribution in [2.24, 2.45) is 4.99 Å². The molecule has 86 valence electrons. The van der Waals surface area contributed by atoms with Crippen LogP contribution >= 0.6 is 0 Å². The number of methoxy groups -OCH3 is 1. The minimum atomic E-state index is -0.518. The van der Waals surface area contributed by atoms with Gasteiger partial charge in [0.25, 0.3) is 0 Å². The normalized spacial score (nSPS) is 11.1. The van der Waals surface area contributed by atoms with Gasteiger partial charge >= 0.3 is 31.1 Å². The standard InChI is InChI=1S/C13H13NO2.U/c1-3-12(9-13(15)16-2)14-10-11-7-5-4-6-8-11;/h4-8H,3H2,1-2H3;/q-2;+2. The van der Waals surface area contributed by atoms with E-state index in [4.69, 9.17) is 0 Å². The first-order chi connectivity index (χ1) is 7.76. The summed E-state index contributed by atoms with van der Waals surface area (Å²) in [5.41, 5.74) is 1.39. The number of allylic oxidation sites excluding steroid dienone is 1. The average Bonchev–Trinajstić information content (AvgIpc) is 2.35. The van der Waals surface area contributed by atoms with Crippen LogP contribution in [0.25, 0.3) is 0 Å². The minimum absolute atomic E-state index is 0. The molecule has 1 rings (SSSR count). The second-order valence-electron chi connectivity index (χ2n) is 3.01. The van der Waals surface area contributed by atoms with Crippen LogP contribution in [0.3, 0.4) is 0 Å². The van der Waals surface area contributed by atoms with Gasteiger partial charge in [0.05, 0.1) is 7.11 Å². The third-order valence-corrected chi connectivity index (χ3v) is 1.86. The molecule has 0 aromatic heterocycles. The molecule has 4 heteroatoms. The van der Waals surface area contributed by atoms with Crippen LogP contribution in [0.5, 0.6) is 0 Å². The van der Waals surface area contributed by atoms with Gasteiger partial charge in [-0.2, -0.15) is 0 Å². The number of carbonyl (C=O) groups excluding carboxylic acids is 1. The van der Waals surface area contributed by atoms with Crippen molar-refractivity contribution < 1.29 is 40.6 Å². The second kappa shape index (κ2) is 9.21. The molecule has 0 spiro atoms. The zero-order valence-corrected chi connectivity index (χ0v) is 14.0. The van der Waals surface area contributed by atoms with Crippen LogP contribution in [0.1, 0.15) is 18.9 Å². The summed E-state index contributed by atoms with van der Waals surface area (Å²) in [5, 5.41) is 0. The number of hydrogen-bond acceptors (Lipinski definition) is 3. The molecule has 0 aliphatic rings. The van der Waals surface area contributed by atoms with Crippen LogP contribution in [-0.4, -0.2) is 19.3 Å². The molecule has 0 saturated carbocycles. The first kappa shape index (κ1) is 16.2. The zero-order valence-electron chi connectivity index (χ0n) is 9.86. The van der Waals surface area contributed by atoms with Crippen molar-refractivity contribution in [2.45, 2.75) is 13.3 Å². The van der Waals surface area contributed by atoms with E-state index in [1.54, 1.807) is 0 Å². The third kappa shape index (κ3) is 6.45. The van der Waals surface area contributed by atoms with Gasteiger partial charge in [0.1, 0.15) is 5.97 Å². The maximum Gasteiger partial charge on any atom is 2.00 e. The number of ether oxygens (including phenoxy) is 1. The molecule has 0 fully saturated rings. The molecular weight excluding hydrogens is 440 g/mol. The van der Waals surface area contributed by atoms with E-state index in [0.29, 0.717) is 12.1 Å². The fourth-order valence-electron chi connectivity index (χ4n) is 1.01. The minimum Gasteiger partial charge on any atom is -0.494 e. The van der Waals surface area contributed by atoms with Gasteiger partial charge in [-0.15, -0.1) is 29.8 Å². The molecule has 0 saturated heterocycles. The van der Waals surface area contributed by atoms with Crippen molar-refractivity contribution in [3.05, 3.63) is 47.7 Å². The van der Waals surface area contributed by atoms with E-state index in [2.05, 4.69) is 22.0 Å². The first-order valence-electron chi connectivity index (χ1n) is 4.99. The maximum atomic E-state index is 11.0. The van der Waals surface area contributed by atoms with Gasteiger partial charge < -0.3 is 15.8 Å². The smallest absolute Gasteiger partial charge is 0.494 e. The number of rotatable bonds is 4. The van der Waals surface area contributed by atoms with Crippen LogP contribution in [0, 0.1) is 37.2 Å². The summed E-state index contributed by atoms with van der Waals surface area (Å²) in [4.78, 5) is 15.0. The molecule has 0 aliphatic carbocycles. The predicted octanol–water partition coefficient (Wildman–Crippen LogP) is 2.25. The van der Waals surface area contributed by atoms with E-state index < -0.39 is 5.97 Å². The Kier molecular flexibility index (Phi) is 8.75. The van der Waals surface area contributed by atoms with E-state index in [9.17, 15) is 4.79 Å². The Morgan fingerprint density at radius 1 is 1.35 bits per heavy atom. The van der Waals surface area contributed by atoms with Crippen molar-refractivity contribution in [1.82, 2.24) is 0 Å². The Labute approximate surface area is 125 Å². The topological polar surface area (TPSA) is 38.7 Å². The quantitative estimate of drug-likeness (QED) is 0.304.